The van der Waals surface area contributed by atoms with Gasteiger partial charge in [-0.2, -0.15) is 0 Å². The Kier molecular flexibility index (Phi) is 7.23. The third-order valence-corrected chi connectivity index (χ3v) is 5.22. The minimum atomic E-state index is -3.49. The van der Waals surface area contributed by atoms with Crippen LogP contribution in [0, 0.1) is 6.42 Å². The Labute approximate surface area is 158 Å². The number of hydrogen-bond donors (Lipinski definition) is 1. The molecule has 1 N–H and O–H groups in total. The molecule has 9 heteroatoms. The van der Waals surface area contributed by atoms with Crippen LogP contribution in [-0.2, 0) is 26.8 Å². The van der Waals surface area contributed by atoms with Crippen LogP contribution in [0.15, 0.2) is 34.7 Å². The molecule has 0 aliphatic heterocycles. The van der Waals surface area contributed by atoms with Gasteiger partial charge in [0.1, 0.15) is 0 Å². The van der Waals surface area contributed by atoms with E-state index in [1.54, 1.807) is 37.3 Å². The predicted octanol–water partition coefficient (Wildman–Crippen LogP) is 1.53. The van der Waals surface area contributed by atoms with Crippen molar-refractivity contribution in [3.8, 4) is 0 Å². The lowest BCUT2D eigenvalue weighted by molar-refractivity contribution is -0.118. The van der Waals surface area contributed by atoms with Crippen LogP contribution in [0.4, 0.5) is 0 Å². The molecule has 145 valence electrons. The number of aromatic nitrogens is 2. The van der Waals surface area contributed by atoms with Crippen molar-refractivity contribution in [3.05, 3.63) is 54.1 Å². The first kappa shape index (κ1) is 20.8. The van der Waals surface area contributed by atoms with Crippen LogP contribution in [0.3, 0.4) is 0 Å². The molecule has 2 rings (SSSR count). The second-order valence-corrected chi connectivity index (χ2v) is 8.04. The lowest BCUT2D eigenvalue weighted by Crippen LogP contribution is -2.41. The second-order valence-electron chi connectivity index (χ2n) is 5.93. The summed E-state index contributed by atoms with van der Waals surface area (Å²) in [4.78, 5) is 24.4. The third-order valence-electron chi connectivity index (χ3n) is 3.77. The Morgan fingerprint density at radius 1 is 1.19 bits per heavy atom. The van der Waals surface area contributed by atoms with Crippen LogP contribution < -0.4 is 5.32 Å². The van der Waals surface area contributed by atoms with E-state index in [-0.39, 0.29) is 11.6 Å². The summed E-state index contributed by atoms with van der Waals surface area (Å²) < 4.78 is 29.5. The van der Waals surface area contributed by atoms with Crippen LogP contribution in [0.5, 0.6) is 0 Å². The zero-order chi connectivity index (χ0) is 19.9. The van der Waals surface area contributed by atoms with Crippen molar-refractivity contribution in [2.75, 3.05) is 5.75 Å². The molecule has 0 fully saturated rings. The number of sulfone groups is 1. The van der Waals surface area contributed by atoms with Crippen LogP contribution in [0.1, 0.15) is 42.4 Å². The summed E-state index contributed by atoms with van der Waals surface area (Å²) in [5.74, 6) is -1.55. The van der Waals surface area contributed by atoms with Crippen LogP contribution in [0.2, 0.25) is 0 Å². The lowest BCUT2D eigenvalue weighted by Gasteiger charge is -2.13. The van der Waals surface area contributed by atoms with Gasteiger partial charge in [0.25, 0.3) is 5.89 Å². The van der Waals surface area contributed by atoms with E-state index in [2.05, 4.69) is 15.5 Å². The topological polar surface area (TPSA) is 119 Å². The molecule has 0 saturated carbocycles. The van der Waals surface area contributed by atoms with Crippen molar-refractivity contribution in [1.82, 2.24) is 15.5 Å². The van der Waals surface area contributed by atoms with E-state index >= 15 is 0 Å². The molecule has 1 radical (unpaired) electrons. The minimum absolute atomic E-state index is 0.157. The van der Waals surface area contributed by atoms with Crippen LogP contribution in [-0.4, -0.2) is 42.1 Å². The molecule has 1 amide bonds. The maximum absolute atomic E-state index is 12.3. The quantitative estimate of drug-likeness (QED) is 0.609. The molecule has 0 saturated heterocycles. The predicted molar refractivity (Wildman–Crippen MR) is 98.5 cm³/mol. The Hall–Kier alpha value is -2.55. The first-order chi connectivity index (χ1) is 12.8. The van der Waals surface area contributed by atoms with E-state index in [9.17, 15) is 18.0 Å². The standard InChI is InChI=1S/C18H22N3O5S/c1-3-14(17(23)18-21-20-16(4-2)26-18)19-15(22)10-11-27(24,25)12-13-8-6-5-7-9-13/h5-10,14H,3-4,11-12H2,1-2H3,(H,19,22)/t14-/m0/s1. The van der Waals surface area contributed by atoms with Gasteiger partial charge in [0.2, 0.25) is 17.6 Å². The van der Waals surface area contributed by atoms with Gasteiger partial charge in [-0.15, -0.1) is 10.2 Å². The summed E-state index contributed by atoms with van der Waals surface area (Å²) in [5.41, 5.74) is 0.649. The number of ketones is 1. The molecule has 1 heterocycles. The summed E-state index contributed by atoms with van der Waals surface area (Å²) in [7, 11) is -3.49. The maximum Gasteiger partial charge on any atom is 0.286 e. The highest BCUT2D eigenvalue weighted by molar-refractivity contribution is 7.90. The fraction of sp³-hybridized carbons (Fsp3) is 0.389. The van der Waals surface area contributed by atoms with Gasteiger partial charge in [0.15, 0.2) is 9.84 Å². The second kappa shape index (κ2) is 9.40. The first-order valence-corrected chi connectivity index (χ1v) is 10.4. The van der Waals surface area contributed by atoms with E-state index in [1.165, 1.54) is 0 Å². The number of rotatable bonds is 10. The minimum Gasteiger partial charge on any atom is -0.418 e. The van der Waals surface area contributed by atoms with Crippen molar-refractivity contribution in [2.45, 2.75) is 38.5 Å². The highest BCUT2D eigenvalue weighted by Crippen LogP contribution is 2.09. The summed E-state index contributed by atoms with van der Waals surface area (Å²) in [5, 5.41) is 9.89. The number of amides is 1. The van der Waals surface area contributed by atoms with Gasteiger partial charge in [-0.1, -0.05) is 44.2 Å². The number of benzene rings is 1. The fourth-order valence-electron chi connectivity index (χ4n) is 2.32. The van der Waals surface area contributed by atoms with E-state index in [0.717, 1.165) is 6.42 Å². The number of aryl methyl sites for hydroxylation is 1. The van der Waals surface area contributed by atoms with Crippen LogP contribution >= 0.6 is 0 Å². The van der Waals surface area contributed by atoms with Gasteiger partial charge in [-0.3, -0.25) is 9.59 Å². The number of carbonyl (C=O) groups excluding carboxylic acids is 2. The molecule has 1 aromatic heterocycles. The van der Waals surface area contributed by atoms with Crippen molar-refractivity contribution in [3.63, 3.8) is 0 Å². The van der Waals surface area contributed by atoms with E-state index in [1.807, 2.05) is 6.92 Å². The fourth-order valence-corrected chi connectivity index (χ4v) is 3.54. The van der Waals surface area contributed by atoms with Crippen molar-refractivity contribution in [2.24, 2.45) is 0 Å². The molecule has 0 aliphatic carbocycles. The number of nitrogens with one attached hydrogen (secondary N) is 1. The molecule has 1 atom stereocenters. The van der Waals surface area contributed by atoms with E-state index in [0.29, 0.717) is 24.3 Å². The van der Waals surface area contributed by atoms with Crippen LogP contribution in [0.25, 0.3) is 0 Å². The van der Waals surface area contributed by atoms with Gasteiger partial charge in [0, 0.05) is 6.42 Å². The molecule has 0 unspecified atom stereocenters. The van der Waals surface area contributed by atoms with Gasteiger partial charge in [0.05, 0.1) is 24.0 Å². The van der Waals surface area contributed by atoms with Crippen molar-refractivity contribution < 1.29 is 22.4 Å². The van der Waals surface area contributed by atoms with Crippen molar-refractivity contribution >= 4 is 21.5 Å². The Bertz CT molecular complexity index is 877. The summed E-state index contributed by atoms with van der Waals surface area (Å²) in [6, 6.07) is 7.84. The van der Waals surface area contributed by atoms with Gasteiger partial charge in [-0.05, 0) is 12.0 Å². The molecule has 0 spiro atoms. The molecular weight excluding hydrogens is 370 g/mol. The average Bonchev–Trinajstić information content (AvgIpc) is 3.14. The highest BCUT2D eigenvalue weighted by Gasteiger charge is 2.26. The molecular formula is C18H22N3O5S. The zero-order valence-electron chi connectivity index (χ0n) is 15.2. The molecule has 27 heavy (non-hydrogen) atoms. The summed E-state index contributed by atoms with van der Waals surface area (Å²) in [6.07, 6.45) is 1.83. The van der Waals surface area contributed by atoms with E-state index in [4.69, 9.17) is 4.42 Å². The lowest BCUT2D eigenvalue weighted by atomic mass is 10.1. The van der Waals surface area contributed by atoms with E-state index < -0.39 is 33.3 Å². The molecule has 0 bridgehead atoms. The Morgan fingerprint density at radius 2 is 1.89 bits per heavy atom. The summed E-state index contributed by atoms with van der Waals surface area (Å²) in [6.45, 7) is 3.53. The largest absolute Gasteiger partial charge is 0.418 e. The average molecular weight is 392 g/mol. The number of nitrogens with zero attached hydrogens (tertiary/aromatic N) is 2. The smallest absolute Gasteiger partial charge is 0.286 e. The SMILES string of the molecule is CCc1nnc(C(=O)[C@H](CC)NC(=O)[CH]CS(=O)(=O)Cc2ccccc2)o1. The first-order valence-electron chi connectivity index (χ1n) is 8.59. The number of hydrogen-bond acceptors (Lipinski definition) is 7. The van der Waals surface area contributed by atoms with Gasteiger partial charge < -0.3 is 9.73 Å². The van der Waals surface area contributed by atoms with Crippen molar-refractivity contribution in [1.29, 1.82) is 0 Å². The maximum atomic E-state index is 12.3. The highest BCUT2D eigenvalue weighted by atomic mass is 32.2. The third kappa shape index (κ3) is 6.28. The zero-order valence-corrected chi connectivity index (χ0v) is 16.0. The Morgan fingerprint density at radius 3 is 2.48 bits per heavy atom. The number of Topliss-reactive ketones (excluding diaryl/α,β-unsaturated/α-hetero) is 1. The molecule has 1 aromatic carbocycles. The molecule has 2 aromatic rings. The normalized spacial score (nSPS) is 12.5. The molecule has 8 nitrogen and oxygen atoms in total. The Balaban J connectivity index is 1.90. The number of carbonyl (C=O) groups is 2. The summed E-state index contributed by atoms with van der Waals surface area (Å²) >= 11 is 0. The monoisotopic (exact) mass is 392 g/mol. The van der Waals surface area contributed by atoms with Gasteiger partial charge in [-0.25, -0.2) is 8.42 Å². The van der Waals surface area contributed by atoms with Gasteiger partial charge >= 0.3 is 0 Å². The molecule has 0 aliphatic rings.